The molecular weight excluding hydrogens is 234 g/mol. The van der Waals surface area contributed by atoms with Crippen molar-refractivity contribution in [3.8, 4) is 6.07 Å². The molecule has 2 aromatic rings. The van der Waals surface area contributed by atoms with E-state index >= 15 is 0 Å². The third kappa shape index (κ3) is 3.64. The Kier molecular flexibility index (Phi) is 4.66. The van der Waals surface area contributed by atoms with Gasteiger partial charge in [-0.2, -0.15) is 5.26 Å². The minimum Gasteiger partial charge on any atom is -0.295 e. The molecule has 0 radical (unpaired) electrons. The van der Waals surface area contributed by atoms with Crippen LogP contribution in [0.2, 0.25) is 0 Å². The summed E-state index contributed by atoms with van der Waals surface area (Å²) in [4.78, 5) is 6.40. The van der Waals surface area contributed by atoms with Crippen LogP contribution in [0.3, 0.4) is 0 Å². The first kappa shape index (κ1) is 13.3. The fourth-order valence-electron chi connectivity index (χ4n) is 2.03. The molecule has 96 valence electrons. The topological polar surface area (TPSA) is 39.9 Å². The lowest BCUT2D eigenvalue weighted by Gasteiger charge is -2.20. The molecule has 0 N–H and O–H groups in total. The van der Waals surface area contributed by atoms with Crippen molar-refractivity contribution in [3.05, 3.63) is 65.5 Å². The minimum atomic E-state index is 0.522. The summed E-state index contributed by atoms with van der Waals surface area (Å²) in [7, 11) is 0. The van der Waals surface area contributed by atoms with E-state index in [2.05, 4.69) is 35.0 Å². The van der Waals surface area contributed by atoms with Gasteiger partial charge >= 0.3 is 0 Å². The molecule has 2 rings (SSSR count). The first-order valence-electron chi connectivity index (χ1n) is 6.43. The zero-order valence-corrected chi connectivity index (χ0v) is 11.1. The maximum atomic E-state index is 9.06. The third-order valence-electron chi connectivity index (χ3n) is 3.09. The lowest BCUT2D eigenvalue weighted by Crippen LogP contribution is -2.23. The number of aromatic nitrogens is 1. The number of nitrogens with zero attached hydrogens (tertiary/aromatic N) is 3. The van der Waals surface area contributed by atoms with Gasteiger partial charge in [-0.3, -0.25) is 4.90 Å². The summed E-state index contributed by atoms with van der Waals surface area (Å²) < 4.78 is 0. The second-order valence-corrected chi connectivity index (χ2v) is 4.41. The smallest absolute Gasteiger partial charge is 0.144 e. The molecule has 0 bridgehead atoms. The normalized spacial score (nSPS) is 10.4. The molecule has 0 aliphatic carbocycles. The third-order valence-corrected chi connectivity index (χ3v) is 3.09. The molecular formula is C16H17N3. The van der Waals surface area contributed by atoms with Crippen LogP contribution in [0.1, 0.15) is 23.7 Å². The molecule has 0 spiro atoms. The van der Waals surface area contributed by atoms with Gasteiger partial charge in [0.25, 0.3) is 0 Å². The molecule has 0 saturated heterocycles. The van der Waals surface area contributed by atoms with Gasteiger partial charge in [0.2, 0.25) is 0 Å². The van der Waals surface area contributed by atoms with Crippen LogP contribution in [-0.4, -0.2) is 16.4 Å². The summed E-state index contributed by atoms with van der Waals surface area (Å²) in [6, 6.07) is 16.4. The predicted molar refractivity (Wildman–Crippen MR) is 75.2 cm³/mol. The lowest BCUT2D eigenvalue weighted by molar-refractivity contribution is 0.271. The minimum absolute atomic E-state index is 0.522. The Morgan fingerprint density at radius 3 is 2.58 bits per heavy atom. The zero-order chi connectivity index (χ0) is 13.5. The van der Waals surface area contributed by atoms with Gasteiger partial charge in [0.05, 0.1) is 0 Å². The van der Waals surface area contributed by atoms with E-state index in [1.165, 1.54) is 5.56 Å². The Hall–Kier alpha value is -2.18. The van der Waals surface area contributed by atoms with Crippen LogP contribution in [-0.2, 0) is 13.1 Å². The van der Waals surface area contributed by atoms with Gasteiger partial charge in [0.15, 0.2) is 0 Å². The fraction of sp³-hybridized carbons (Fsp3) is 0.250. The van der Waals surface area contributed by atoms with Gasteiger partial charge < -0.3 is 0 Å². The van der Waals surface area contributed by atoms with Crippen molar-refractivity contribution in [2.45, 2.75) is 20.0 Å². The van der Waals surface area contributed by atoms with E-state index in [9.17, 15) is 0 Å². The number of hydrogen-bond donors (Lipinski definition) is 0. The molecule has 0 saturated carbocycles. The van der Waals surface area contributed by atoms with Crippen molar-refractivity contribution in [2.75, 3.05) is 6.54 Å². The highest BCUT2D eigenvalue weighted by molar-refractivity contribution is 5.30. The molecule has 0 unspecified atom stereocenters. The van der Waals surface area contributed by atoms with Crippen LogP contribution in [0.25, 0.3) is 0 Å². The number of pyridine rings is 1. The highest BCUT2D eigenvalue weighted by atomic mass is 15.1. The van der Waals surface area contributed by atoms with Crippen LogP contribution in [0, 0.1) is 11.3 Å². The van der Waals surface area contributed by atoms with Crippen molar-refractivity contribution in [1.82, 2.24) is 9.88 Å². The number of nitriles is 1. The standard InChI is InChI=1S/C16H17N3/c1-2-19(12-14-7-4-3-5-8-14)13-15-9-6-10-18-16(15)11-17/h3-10H,2,12-13H2,1H3. The van der Waals surface area contributed by atoms with E-state index in [-0.39, 0.29) is 0 Å². The van der Waals surface area contributed by atoms with E-state index in [0.717, 1.165) is 25.2 Å². The monoisotopic (exact) mass is 251 g/mol. The van der Waals surface area contributed by atoms with E-state index < -0.39 is 0 Å². The summed E-state index contributed by atoms with van der Waals surface area (Å²) in [5.74, 6) is 0. The van der Waals surface area contributed by atoms with Crippen molar-refractivity contribution in [3.63, 3.8) is 0 Å². The summed E-state index contributed by atoms with van der Waals surface area (Å²) in [6.07, 6.45) is 1.66. The molecule has 3 nitrogen and oxygen atoms in total. The number of rotatable bonds is 5. The molecule has 3 heteroatoms. The van der Waals surface area contributed by atoms with Gasteiger partial charge in [-0.1, -0.05) is 43.3 Å². The molecule has 1 heterocycles. The summed E-state index contributed by atoms with van der Waals surface area (Å²) in [5, 5.41) is 9.06. The molecule has 0 atom stereocenters. The average molecular weight is 251 g/mol. The predicted octanol–water partition coefficient (Wildman–Crippen LogP) is 2.98. The first-order valence-corrected chi connectivity index (χ1v) is 6.43. The average Bonchev–Trinajstić information content (AvgIpc) is 2.48. The quantitative estimate of drug-likeness (QED) is 0.820. The molecule has 19 heavy (non-hydrogen) atoms. The highest BCUT2D eigenvalue weighted by Gasteiger charge is 2.08. The van der Waals surface area contributed by atoms with Crippen molar-refractivity contribution >= 4 is 0 Å². The van der Waals surface area contributed by atoms with E-state index in [0.29, 0.717) is 5.69 Å². The van der Waals surface area contributed by atoms with Crippen LogP contribution < -0.4 is 0 Å². The SMILES string of the molecule is CCN(Cc1ccccc1)Cc1cccnc1C#N. The molecule has 0 amide bonds. The summed E-state index contributed by atoms with van der Waals surface area (Å²) in [6.45, 7) is 4.71. The Balaban J connectivity index is 2.09. The van der Waals surface area contributed by atoms with Crippen molar-refractivity contribution < 1.29 is 0 Å². The van der Waals surface area contributed by atoms with Gasteiger partial charge in [-0.25, -0.2) is 4.98 Å². The van der Waals surface area contributed by atoms with Gasteiger partial charge in [-0.15, -0.1) is 0 Å². The Bertz CT molecular complexity index is 558. The first-order chi connectivity index (χ1) is 9.33. The van der Waals surface area contributed by atoms with Crippen LogP contribution in [0.4, 0.5) is 0 Å². The molecule has 1 aromatic carbocycles. The van der Waals surface area contributed by atoms with Gasteiger partial charge in [0.1, 0.15) is 11.8 Å². The Morgan fingerprint density at radius 2 is 1.89 bits per heavy atom. The lowest BCUT2D eigenvalue weighted by atomic mass is 10.1. The fourth-order valence-corrected chi connectivity index (χ4v) is 2.03. The molecule has 1 aromatic heterocycles. The molecule has 0 fully saturated rings. The van der Waals surface area contributed by atoms with Gasteiger partial charge in [-0.05, 0) is 18.2 Å². The Labute approximate surface area is 114 Å². The van der Waals surface area contributed by atoms with Crippen LogP contribution in [0.15, 0.2) is 48.7 Å². The highest BCUT2D eigenvalue weighted by Crippen LogP contribution is 2.11. The summed E-state index contributed by atoms with van der Waals surface area (Å²) in [5.41, 5.74) is 2.79. The largest absolute Gasteiger partial charge is 0.295 e. The second-order valence-electron chi connectivity index (χ2n) is 4.41. The Morgan fingerprint density at radius 1 is 1.11 bits per heavy atom. The second kappa shape index (κ2) is 6.67. The van der Waals surface area contributed by atoms with Crippen molar-refractivity contribution in [2.24, 2.45) is 0 Å². The van der Waals surface area contributed by atoms with Crippen LogP contribution in [0.5, 0.6) is 0 Å². The maximum absolute atomic E-state index is 9.06. The van der Waals surface area contributed by atoms with Crippen LogP contribution >= 0.6 is 0 Å². The molecule has 0 aliphatic rings. The maximum Gasteiger partial charge on any atom is 0.144 e. The summed E-state index contributed by atoms with van der Waals surface area (Å²) >= 11 is 0. The number of benzene rings is 1. The zero-order valence-electron chi connectivity index (χ0n) is 11.1. The van der Waals surface area contributed by atoms with E-state index in [1.807, 2.05) is 30.3 Å². The van der Waals surface area contributed by atoms with Crippen molar-refractivity contribution in [1.29, 1.82) is 5.26 Å². The number of hydrogen-bond acceptors (Lipinski definition) is 3. The van der Waals surface area contributed by atoms with Gasteiger partial charge in [0, 0.05) is 24.8 Å². The van der Waals surface area contributed by atoms with E-state index in [1.54, 1.807) is 6.20 Å². The van der Waals surface area contributed by atoms with E-state index in [4.69, 9.17) is 5.26 Å². The molecule has 0 aliphatic heterocycles.